The fourth-order valence-electron chi connectivity index (χ4n) is 2.14. The Morgan fingerprint density at radius 1 is 1.37 bits per heavy atom. The van der Waals surface area contributed by atoms with Gasteiger partial charge < -0.3 is 20.1 Å². The highest BCUT2D eigenvalue weighted by Crippen LogP contribution is 2.43. The minimum Gasteiger partial charge on any atom is -0.481 e. The Labute approximate surface area is 111 Å². The lowest BCUT2D eigenvalue weighted by atomic mass is 9.66. The lowest BCUT2D eigenvalue weighted by molar-refractivity contribution is -0.141. The number of aliphatic carboxylic acids is 1. The summed E-state index contributed by atoms with van der Waals surface area (Å²) in [5, 5.41) is 11.5. The van der Waals surface area contributed by atoms with Crippen molar-refractivity contribution in [2.24, 2.45) is 5.41 Å². The van der Waals surface area contributed by atoms with Gasteiger partial charge in [-0.2, -0.15) is 0 Å². The van der Waals surface area contributed by atoms with Gasteiger partial charge in [0.2, 0.25) is 0 Å². The van der Waals surface area contributed by atoms with Crippen LogP contribution in [0.3, 0.4) is 0 Å². The van der Waals surface area contributed by atoms with Crippen LogP contribution in [0.15, 0.2) is 0 Å². The van der Waals surface area contributed by atoms with E-state index in [9.17, 15) is 14.4 Å². The van der Waals surface area contributed by atoms with E-state index in [1.54, 1.807) is 0 Å². The van der Waals surface area contributed by atoms with Crippen LogP contribution < -0.4 is 5.32 Å². The highest BCUT2D eigenvalue weighted by atomic mass is 16.5. The number of ether oxygens (including phenoxy) is 1. The summed E-state index contributed by atoms with van der Waals surface area (Å²) in [5.74, 6) is -1.35. The first-order valence-electron chi connectivity index (χ1n) is 6.16. The lowest BCUT2D eigenvalue weighted by Gasteiger charge is -2.41. The largest absolute Gasteiger partial charge is 0.481 e. The van der Waals surface area contributed by atoms with Crippen molar-refractivity contribution in [1.82, 2.24) is 10.2 Å². The molecule has 0 aromatic carbocycles. The van der Waals surface area contributed by atoms with Crippen LogP contribution in [0.1, 0.15) is 25.7 Å². The second-order valence-electron chi connectivity index (χ2n) is 5.01. The molecule has 108 valence electrons. The van der Waals surface area contributed by atoms with Crippen molar-refractivity contribution in [3.63, 3.8) is 0 Å². The molecule has 0 aromatic rings. The number of amides is 2. The Bertz CT molecular complexity index is 365. The zero-order valence-electron chi connectivity index (χ0n) is 11.3. The van der Waals surface area contributed by atoms with Crippen molar-refractivity contribution in [2.75, 3.05) is 27.2 Å². The number of carbonyl (C=O) groups excluding carboxylic acids is 2. The van der Waals surface area contributed by atoms with E-state index in [-0.39, 0.29) is 18.4 Å². The zero-order chi connectivity index (χ0) is 14.5. The standard InChI is InChI=1S/C12H20N2O5/c1-14(7-10(17)19-2)11(18)13-8-12(4-3-5-12)6-9(15)16/h3-8H2,1-2H3,(H,13,18)(H,15,16). The van der Waals surface area contributed by atoms with Crippen molar-refractivity contribution < 1.29 is 24.2 Å². The molecule has 1 aliphatic rings. The second kappa shape index (κ2) is 6.40. The van der Waals surface area contributed by atoms with E-state index < -0.39 is 18.0 Å². The number of urea groups is 1. The third-order valence-electron chi connectivity index (χ3n) is 3.50. The molecule has 0 bridgehead atoms. The summed E-state index contributed by atoms with van der Waals surface area (Å²) in [7, 11) is 2.74. The maximum Gasteiger partial charge on any atom is 0.325 e. The molecular weight excluding hydrogens is 252 g/mol. The van der Waals surface area contributed by atoms with Crippen molar-refractivity contribution in [2.45, 2.75) is 25.7 Å². The molecule has 0 unspecified atom stereocenters. The molecule has 0 saturated heterocycles. The number of likely N-dealkylation sites (N-methyl/N-ethyl adjacent to an activating group) is 1. The van der Waals surface area contributed by atoms with Crippen LogP contribution >= 0.6 is 0 Å². The molecule has 0 radical (unpaired) electrons. The van der Waals surface area contributed by atoms with Gasteiger partial charge in [-0.1, -0.05) is 6.42 Å². The Hall–Kier alpha value is -1.79. The normalized spacial score (nSPS) is 16.1. The van der Waals surface area contributed by atoms with Gasteiger partial charge >= 0.3 is 18.0 Å². The fraction of sp³-hybridized carbons (Fsp3) is 0.750. The topological polar surface area (TPSA) is 95.9 Å². The van der Waals surface area contributed by atoms with E-state index in [0.717, 1.165) is 19.3 Å². The Balaban J connectivity index is 2.40. The van der Waals surface area contributed by atoms with Crippen LogP contribution in [0.5, 0.6) is 0 Å². The van der Waals surface area contributed by atoms with E-state index in [4.69, 9.17) is 5.11 Å². The molecule has 1 saturated carbocycles. The number of carboxylic acids is 1. The van der Waals surface area contributed by atoms with Gasteiger partial charge in [0.25, 0.3) is 0 Å². The summed E-state index contributed by atoms with van der Waals surface area (Å²) in [6.07, 6.45) is 2.66. The highest BCUT2D eigenvalue weighted by molar-refractivity contribution is 5.80. The maximum absolute atomic E-state index is 11.7. The number of hydrogen-bond donors (Lipinski definition) is 2. The molecule has 1 fully saturated rings. The van der Waals surface area contributed by atoms with E-state index in [0.29, 0.717) is 6.54 Å². The lowest BCUT2D eigenvalue weighted by Crippen LogP contribution is -2.48. The number of methoxy groups -OCH3 is 1. The molecule has 2 amide bonds. The van der Waals surface area contributed by atoms with E-state index >= 15 is 0 Å². The second-order valence-corrected chi connectivity index (χ2v) is 5.01. The van der Waals surface area contributed by atoms with Gasteiger partial charge in [-0.25, -0.2) is 4.79 Å². The van der Waals surface area contributed by atoms with Crippen LogP contribution in [0.4, 0.5) is 4.79 Å². The molecular formula is C12H20N2O5. The van der Waals surface area contributed by atoms with Gasteiger partial charge in [0.1, 0.15) is 6.54 Å². The minimum atomic E-state index is -0.850. The summed E-state index contributed by atoms with van der Waals surface area (Å²) < 4.78 is 4.46. The van der Waals surface area contributed by atoms with Crippen LogP contribution in [0, 0.1) is 5.41 Å². The average Bonchev–Trinajstić information content (AvgIpc) is 2.31. The van der Waals surface area contributed by atoms with Crippen molar-refractivity contribution in [3.05, 3.63) is 0 Å². The third kappa shape index (κ3) is 4.42. The highest BCUT2D eigenvalue weighted by Gasteiger charge is 2.39. The van der Waals surface area contributed by atoms with Crippen LogP contribution in [-0.4, -0.2) is 55.2 Å². The summed E-state index contributed by atoms with van der Waals surface area (Å²) in [6.45, 7) is 0.192. The van der Waals surface area contributed by atoms with Gasteiger partial charge in [-0.3, -0.25) is 9.59 Å². The predicted octanol–water partition coefficient (Wildman–Crippen LogP) is 0.446. The van der Waals surface area contributed by atoms with Gasteiger partial charge in [0, 0.05) is 13.6 Å². The van der Waals surface area contributed by atoms with Gasteiger partial charge in [-0.05, 0) is 18.3 Å². The Kier molecular flexibility index (Phi) is 5.14. The molecule has 0 heterocycles. The monoisotopic (exact) mass is 272 g/mol. The fourth-order valence-corrected chi connectivity index (χ4v) is 2.14. The first-order chi connectivity index (χ1) is 8.88. The molecule has 1 rings (SSSR count). The summed E-state index contributed by atoms with van der Waals surface area (Å²) in [5.41, 5.74) is -0.326. The quantitative estimate of drug-likeness (QED) is 0.684. The Morgan fingerprint density at radius 3 is 2.42 bits per heavy atom. The Morgan fingerprint density at radius 2 is 2.00 bits per heavy atom. The number of nitrogens with zero attached hydrogens (tertiary/aromatic N) is 1. The first kappa shape index (κ1) is 15.3. The third-order valence-corrected chi connectivity index (χ3v) is 3.50. The van der Waals surface area contributed by atoms with Crippen LogP contribution in [-0.2, 0) is 14.3 Å². The summed E-state index contributed by atoms with van der Waals surface area (Å²) in [6, 6.07) is -0.401. The van der Waals surface area contributed by atoms with Crippen molar-refractivity contribution in [1.29, 1.82) is 0 Å². The van der Waals surface area contributed by atoms with Crippen LogP contribution in [0.25, 0.3) is 0 Å². The molecule has 0 atom stereocenters. The van der Waals surface area contributed by atoms with Gasteiger partial charge in [0.05, 0.1) is 13.5 Å². The molecule has 0 aliphatic heterocycles. The van der Waals surface area contributed by atoms with Crippen LogP contribution in [0.2, 0.25) is 0 Å². The van der Waals surface area contributed by atoms with Gasteiger partial charge in [0.15, 0.2) is 0 Å². The smallest absolute Gasteiger partial charge is 0.325 e. The van der Waals surface area contributed by atoms with E-state index in [2.05, 4.69) is 10.1 Å². The number of carbonyl (C=O) groups is 3. The predicted molar refractivity (Wildman–Crippen MR) is 66.6 cm³/mol. The molecule has 19 heavy (non-hydrogen) atoms. The molecule has 2 N–H and O–H groups in total. The maximum atomic E-state index is 11.7. The number of esters is 1. The molecule has 7 nitrogen and oxygen atoms in total. The SMILES string of the molecule is COC(=O)CN(C)C(=O)NCC1(CC(=O)O)CCC1. The van der Waals surface area contributed by atoms with E-state index in [1.807, 2.05) is 0 Å². The molecule has 7 heteroatoms. The van der Waals surface area contributed by atoms with Crippen molar-refractivity contribution >= 4 is 18.0 Å². The number of hydrogen-bond acceptors (Lipinski definition) is 4. The zero-order valence-corrected chi connectivity index (χ0v) is 11.3. The molecule has 1 aliphatic carbocycles. The summed E-state index contributed by atoms with van der Waals surface area (Å²) >= 11 is 0. The minimum absolute atomic E-state index is 0.0635. The summed E-state index contributed by atoms with van der Waals surface area (Å²) in [4.78, 5) is 34.7. The average molecular weight is 272 g/mol. The van der Waals surface area contributed by atoms with Crippen molar-refractivity contribution in [3.8, 4) is 0 Å². The number of carboxylic acid groups (broad SMARTS) is 1. The molecule has 0 spiro atoms. The van der Waals surface area contributed by atoms with E-state index in [1.165, 1.54) is 19.1 Å². The van der Waals surface area contributed by atoms with Gasteiger partial charge in [-0.15, -0.1) is 0 Å². The number of nitrogens with one attached hydrogen (secondary N) is 1. The first-order valence-corrected chi connectivity index (χ1v) is 6.16. The number of rotatable bonds is 6. The molecule has 0 aromatic heterocycles.